The van der Waals surface area contributed by atoms with Crippen LogP contribution in [0.5, 0.6) is 0 Å². The molecule has 1 aromatic heterocycles. The summed E-state index contributed by atoms with van der Waals surface area (Å²) in [7, 11) is 0. The summed E-state index contributed by atoms with van der Waals surface area (Å²) in [5.74, 6) is -0.386. The molecule has 1 fully saturated rings. The molecule has 1 aliphatic rings. The molecule has 1 aliphatic heterocycles. The number of piperidine rings is 1. The van der Waals surface area contributed by atoms with Crippen LogP contribution in [0.2, 0.25) is 0 Å². The number of hydrogen-bond acceptors (Lipinski definition) is 4. The van der Waals surface area contributed by atoms with Gasteiger partial charge in [0.25, 0.3) is 5.91 Å². The van der Waals surface area contributed by atoms with Crippen molar-refractivity contribution in [1.82, 2.24) is 25.6 Å². The highest BCUT2D eigenvalue weighted by Crippen LogP contribution is 2.29. The predicted octanol–water partition coefficient (Wildman–Crippen LogP) is 2.46. The van der Waals surface area contributed by atoms with Gasteiger partial charge in [0.05, 0.1) is 17.3 Å². The van der Waals surface area contributed by atoms with Gasteiger partial charge in [-0.2, -0.15) is 13.2 Å². The van der Waals surface area contributed by atoms with Crippen LogP contribution in [0.15, 0.2) is 24.3 Å². The maximum absolute atomic E-state index is 12.6. The van der Waals surface area contributed by atoms with E-state index in [2.05, 4.69) is 20.9 Å². The number of amides is 1. The van der Waals surface area contributed by atoms with E-state index in [0.717, 1.165) is 38.1 Å². The second-order valence-corrected chi connectivity index (χ2v) is 6.33. The first kappa shape index (κ1) is 18.4. The lowest BCUT2D eigenvalue weighted by Gasteiger charge is -2.23. The normalized spacial score (nSPS) is 15.8. The Kier molecular flexibility index (Phi) is 5.26. The first-order chi connectivity index (χ1) is 12.4. The van der Waals surface area contributed by atoms with Gasteiger partial charge in [-0.3, -0.25) is 4.79 Å². The molecule has 2 N–H and O–H groups in total. The van der Waals surface area contributed by atoms with Gasteiger partial charge in [-0.15, -0.1) is 5.10 Å². The van der Waals surface area contributed by atoms with Crippen molar-refractivity contribution in [2.24, 2.45) is 0 Å². The van der Waals surface area contributed by atoms with Crippen LogP contribution < -0.4 is 10.6 Å². The van der Waals surface area contributed by atoms with Gasteiger partial charge < -0.3 is 10.6 Å². The van der Waals surface area contributed by atoms with E-state index in [9.17, 15) is 18.0 Å². The van der Waals surface area contributed by atoms with Crippen LogP contribution in [0.1, 0.15) is 46.2 Å². The van der Waals surface area contributed by atoms with Gasteiger partial charge in [0.1, 0.15) is 0 Å². The molecule has 3 rings (SSSR count). The molecule has 0 radical (unpaired) electrons. The predicted molar refractivity (Wildman–Crippen MR) is 88.5 cm³/mol. The van der Waals surface area contributed by atoms with Crippen molar-refractivity contribution >= 4 is 5.91 Å². The van der Waals surface area contributed by atoms with Crippen molar-refractivity contribution in [3.05, 3.63) is 46.8 Å². The zero-order valence-corrected chi connectivity index (χ0v) is 14.3. The minimum absolute atomic E-state index is 0.122. The minimum Gasteiger partial charge on any atom is -0.347 e. The number of hydrogen-bond donors (Lipinski definition) is 2. The molecule has 0 spiro atoms. The zero-order chi connectivity index (χ0) is 18.7. The number of alkyl halides is 3. The third-order valence-electron chi connectivity index (χ3n) is 4.53. The number of rotatable bonds is 4. The van der Waals surface area contributed by atoms with Crippen LogP contribution in [0, 0.1) is 6.92 Å². The molecule has 1 amide bonds. The van der Waals surface area contributed by atoms with E-state index < -0.39 is 11.7 Å². The number of benzene rings is 1. The third kappa shape index (κ3) is 4.04. The summed E-state index contributed by atoms with van der Waals surface area (Å²) < 4.78 is 39.5. The molecule has 0 bridgehead atoms. The summed E-state index contributed by atoms with van der Waals surface area (Å²) in [6.45, 7) is 3.73. The lowest BCUT2D eigenvalue weighted by molar-refractivity contribution is -0.137. The van der Waals surface area contributed by atoms with Crippen molar-refractivity contribution in [3.8, 4) is 0 Å². The summed E-state index contributed by atoms with van der Waals surface area (Å²) in [6, 6.07) is 4.92. The number of nitrogens with zero attached hydrogens (tertiary/aromatic N) is 3. The monoisotopic (exact) mass is 367 g/mol. The molecule has 140 valence electrons. The molecule has 2 aromatic rings. The Balaban J connectivity index is 1.62. The van der Waals surface area contributed by atoms with E-state index in [1.165, 1.54) is 12.1 Å². The average Bonchev–Trinajstić information content (AvgIpc) is 3.01. The average molecular weight is 367 g/mol. The Morgan fingerprint density at radius 1 is 1.27 bits per heavy atom. The molecule has 26 heavy (non-hydrogen) atoms. The van der Waals surface area contributed by atoms with E-state index >= 15 is 0 Å². The van der Waals surface area contributed by atoms with Crippen LogP contribution >= 0.6 is 0 Å². The summed E-state index contributed by atoms with van der Waals surface area (Å²) in [4.78, 5) is 12.3. The summed E-state index contributed by atoms with van der Waals surface area (Å²) in [6.07, 6.45) is -2.51. The number of nitrogens with one attached hydrogen (secondary N) is 2. The number of aromatic nitrogens is 3. The number of carbonyl (C=O) groups excluding carboxylic acids is 1. The van der Waals surface area contributed by atoms with Crippen LogP contribution in [-0.4, -0.2) is 34.0 Å². The lowest BCUT2D eigenvalue weighted by atomic mass is 10.1. The largest absolute Gasteiger partial charge is 0.416 e. The fourth-order valence-corrected chi connectivity index (χ4v) is 3.03. The minimum atomic E-state index is -4.37. The van der Waals surface area contributed by atoms with Gasteiger partial charge in [-0.05, 0) is 50.6 Å². The molecule has 9 heteroatoms. The highest BCUT2D eigenvalue weighted by atomic mass is 19.4. The molecule has 0 atom stereocenters. The molecule has 0 unspecified atom stereocenters. The topological polar surface area (TPSA) is 71.8 Å². The molecule has 0 saturated carbocycles. The van der Waals surface area contributed by atoms with Crippen molar-refractivity contribution < 1.29 is 18.0 Å². The molecular formula is C17H20F3N5O. The van der Waals surface area contributed by atoms with E-state index in [4.69, 9.17) is 0 Å². The first-order valence-electron chi connectivity index (χ1n) is 8.43. The van der Waals surface area contributed by atoms with Gasteiger partial charge in [-0.1, -0.05) is 17.3 Å². The number of halogens is 3. The second-order valence-electron chi connectivity index (χ2n) is 6.33. The highest BCUT2D eigenvalue weighted by Gasteiger charge is 2.30. The second kappa shape index (κ2) is 7.45. The first-order valence-corrected chi connectivity index (χ1v) is 8.43. The van der Waals surface area contributed by atoms with Crippen LogP contribution in [-0.2, 0) is 12.7 Å². The lowest BCUT2D eigenvalue weighted by Crippen LogP contribution is -2.30. The quantitative estimate of drug-likeness (QED) is 0.871. The van der Waals surface area contributed by atoms with Gasteiger partial charge >= 0.3 is 6.18 Å². The fraction of sp³-hybridized carbons (Fsp3) is 0.471. The molecule has 1 aromatic carbocycles. The van der Waals surface area contributed by atoms with Gasteiger partial charge in [-0.25, -0.2) is 4.68 Å². The summed E-state index contributed by atoms with van der Waals surface area (Å²) in [5.41, 5.74) is 0.806. The molecule has 0 aliphatic carbocycles. The Morgan fingerprint density at radius 2 is 1.92 bits per heavy atom. The summed E-state index contributed by atoms with van der Waals surface area (Å²) in [5, 5.41) is 14.0. The molecular weight excluding hydrogens is 347 g/mol. The maximum atomic E-state index is 12.6. The van der Waals surface area contributed by atoms with Gasteiger partial charge in [0, 0.05) is 6.54 Å². The number of carbonyl (C=O) groups is 1. The van der Waals surface area contributed by atoms with Gasteiger partial charge in [0.15, 0.2) is 5.69 Å². The van der Waals surface area contributed by atoms with Crippen LogP contribution in [0.25, 0.3) is 0 Å². The standard InChI is InChI=1S/C17H20F3N5O/c1-11-15(23-24-25(11)14-6-8-21-9-7-14)16(26)22-10-12-2-4-13(5-3-12)17(18,19)20/h2-5,14,21H,6-10H2,1H3,(H,22,26). The molecule has 6 nitrogen and oxygen atoms in total. The van der Waals surface area contributed by atoms with Crippen molar-refractivity contribution in [3.63, 3.8) is 0 Å². The van der Waals surface area contributed by atoms with Crippen molar-refractivity contribution in [2.75, 3.05) is 13.1 Å². The SMILES string of the molecule is Cc1c(C(=O)NCc2ccc(C(F)(F)F)cc2)nnn1C1CCNCC1. The molecule has 1 saturated heterocycles. The van der Waals surface area contributed by atoms with E-state index in [1.807, 2.05) is 0 Å². The van der Waals surface area contributed by atoms with Crippen molar-refractivity contribution in [2.45, 2.75) is 38.5 Å². The Morgan fingerprint density at radius 3 is 2.54 bits per heavy atom. The smallest absolute Gasteiger partial charge is 0.347 e. The van der Waals surface area contributed by atoms with E-state index in [1.54, 1.807) is 11.6 Å². The fourth-order valence-electron chi connectivity index (χ4n) is 3.03. The maximum Gasteiger partial charge on any atom is 0.416 e. The Labute approximate surface area is 148 Å². The van der Waals surface area contributed by atoms with Crippen LogP contribution in [0.3, 0.4) is 0 Å². The third-order valence-corrected chi connectivity index (χ3v) is 4.53. The zero-order valence-electron chi connectivity index (χ0n) is 14.3. The highest BCUT2D eigenvalue weighted by molar-refractivity contribution is 5.93. The Bertz CT molecular complexity index is 764. The van der Waals surface area contributed by atoms with Gasteiger partial charge in [0.2, 0.25) is 0 Å². The van der Waals surface area contributed by atoms with E-state index in [0.29, 0.717) is 11.3 Å². The van der Waals surface area contributed by atoms with E-state index in [-0.39, 0.29) is 24.2 Å². The summed E-state index contributed by atoms with van der Waals surface area (Å²) >= 11 is 0. The van der Waals surface area contributed by atoms with Crippen molar-refractivity contribution in [1.29, 1.82) is 0 Å². The Hall–Kier alpha value is -2.42. The molecule has 2 heterocycles. The van der Waals surface area contributed by atoms with Crippen LogP contribution in [0.4, 0.5) is 13.2 Å².